The van der Waals surface area contributed by atoms with Gasteiger partial charge in [-0.05, 0) is 20.8 Å². The van der Waals surface area contributed by atoms with E-state index >= 15 is 0 Å². The zero-order chi connectivity index (χ0) is 17.2. The number of nitrogens with zero attached hydrogens (tertiary/aromatic N) is 2. The molecule has 1 aromatic heterocycles. The van der Waals surface area contributed by atoms with Crippen molar-refractivity contribution in [2.75, 3.05) is 19.8 Å². The number of morpholine rings is 1. The Kier molecular flexibility index (Phi) is 4.74. The van der Waals surface area contributed by atoms with Crippen LogP contribution in [-0.2, 0) is 9.47 Å². The lowest BCUT2D eigenvalue weighted by Crippen LogP contribution is -2.46. The molecule has 2 N–H and O–H groups in total. The minimum atomic E-state index is -0.633. The van der Waals surface area contributed by atoms with Crippen LogP contribution in [-0.4, -0.2) is 51.4 Å². The Morgan fingerprint density at radius 2 is 2.26 bits per heavy atom. The smallest absolute Gasteiger partial charge is 0.411 e. The number of aliphatic hydroxyl groups excluding tert-OH is 1. The second kappa shape index (κ2) is 6.41. The molecule has 0 bridgehead atoms. The molecule has 1 atom stereocenters. The van der Waals surface area contributed by atoms with Gasteiger partial charge in [-0.3, -0.25) is 9.69 Å². The highest BCUT2D eigenvalue weighted by molar-refractivity contribution is 5.69. The predicted octanol–water partition coefficient (Wildman–Crippen LogP) is 1.61. The van der Waals surface area contributed by atoms with Crippen molar-refractivity contribution in [3.8, 4) is 0 Å². The fourth-order valence-corrected chi connectivity index (χ4v) is 2.17. The highest BCUT2D eigenvalue weighted by atomic mass is 16.6. The zero-order valence-corrected chi connectivity index (χ0v) is 13.5. The Morgan fingerprint density at radius 1 is 1.57 bits per heavy atom. The highest BCUT2D eigenvalue weighted by Gasteiger charge is 2.33. The Balaban J connectivity index is 2.33. The molecule has 2 rings (SSSR count). The number of carbonyl (C=O) groups excluding carboxylic acids is 1. The number of hydrogen-bond donors (Lipinski definition) is 2. The number of nitrogens with one attached hydrogen (secondary N) is 1. The van der Waals surface area contributed by atoms with E-state index in [1.807, 2.05) is 0 Å². The monoisotopic (exact) mass is 323 g/mol. The molecule has 1 unspecified atom stereocenters. The van der Waals surface area contributed by atoms with Crippen molar-refractivity contribution in [2.45, 2.75) is 32.4 Å². The summed E-state index contributed by atoms with van der Waals surface area (Å²) >= 11 is 0. The lowest BCUT2D eigenvalue weighted by Gasteiger charge is -2.36. The van der Waals surface area contributed by atoms with E-state index in [4.69, 9.17) is 9.47 Å². The first-order chi connectivity index (χ1) is 10.7. The molecule has 8 heteroatoms. The van der Waals surface area contributed by atoms with Crippen molar-refractivity contribution < 1.29 is 19.4 Å². The Bertz CT molecular complexity index is 662. The van der Waals surface area contributed by atoms with Crippen molar-refractivity contribution >= 4 is 11.9 Å². The van der Waals surface area contributed by atoms with Gasteiger partial charge in [0.1, 0.15) is 11.6 Å². The van der Waals surface area contributed by atoms with Crippen molar-refractivity contribution in [3.63, 3.8) is 0 Å². The van der Waals surface area contributed by atoms with Crippen LogP contribution in [0.2, 0.25) is 0 Å². The molecule has 0 radical (unpaired) electrons. The third-order valence-electron chi connectivity index (χ3n) is 3.13. The van der Waals surface area contributed by atoms with Gasteiger partial charge in [0.05, 0.1) is 18.9 Å². The van der Waals surface area contributed by atoms with Crippen LogP contribution in [0.5, 0.6) is 0 Å². The van der Waals surface area contributed by atoms with Gasteiger partial charge in [-0.15, -0.1) is 0 Å². The molecular formula is C15H21N3O5. The van der Waals surface area contributed by atoms with Crippen LogP contribution in [0.3, 0.4) is 0 Å². The van der Waals surface area contributed by atoms with Gasteiger partial charge in [-0.1, -0.05) is 6.58 Å². The first-order valence-corrected chi connectivity index (χ1v) is 7.24. The van der Waals surface area contributed by atoms with E-state index in [0.29, 0.717) is 18.8 Å². The van der Waals surface area contributed by atoms with E-state index in [1.165, 1.54) is 11.0 Å². The number of H-pyrrole nitrogens is 1. The third kappa shape index (κ3) is 4.32. The minimum absolute atomic E-state index is 0.0396. The Hall–Kier alpha value is -2.35. The van der Waals surface area contributed by atoms with E-state index in [1.54, 1.807) is 20.8 Å². The Morgan fingerprint density at radius 3 is 2.87 bits per heavy atom. The van der Waals surface area contributed by atoms with Crippen LogP contribution in [0.4, 0.5) is 4.79 Å². The van der Waals surface area contributed by atoms with Crippen molar-refractivity contribution in [3.05, 3.63) is 34.5 Å². The number of carbonyl (C=O) groups is 1. The summed E-state index contributed by atoms with van der Waals surface area (Å²) in [5, 5.41) is 9.44. The number of aromatic nitrogens is 2. The number of hydrogen-bond acceptors (Lipinski definition) is 6. The molecule has 0 aliphatic carbocycles. The SMILES string of the molecule is C=C(O)c1nc(C2COCCN2C(=O)OC(C)(C)C)cc(=O)[nH]1. The highest BCUT2D eigenvalue weighted by Crippen LogP contribution is 2.24. The largest absolute Gasteiger partial charge is 0.505 e. The summed E-state index contributed by atoms with van der Waals surface area (Å²) in [4.78, 5) is 32.1. The number of amides is 1. The summed E-state index contributed by atoms with van der Waals surface area (Å²) in [6.07, 6.45) is -0.503. The van der Waals surface area contributed by atoms with Crippen molar-refractivity contribution in [2.24, 2.45) is 0 Å². The van der Waals surface area contributed by atoms with Gasteiger partial charge in [-0.2, -0.15) is 0 Å². The molecule has 8 nitrogen and oxygen atoms in total. The molecule has 0 spiro atoms. The number of ether oxygens (including phenoxy) is 2. The molecule has 2 heterocycles. The second-order valence-electron chi connectivity index (χ2n) is 6.23. The molecule has 1 aliphatic rings. The van der Waals surface area contributed by atoms with Crippen LogP contribution >= 0.6 is 0 Å². The summed E-state index contributed by atoms with van der Waals surface area (Å²) in [6, 6.07) is 0.697. The third-order valence-corrected chi connectivity index (χ3v) is 3.13. The quantitative estimate of drug-likeness (QED) is 0.801. The summed E-state index contributed by atoms with van der Waals surface area (Å²) in [7, 11) is 0. The summed E-state index contributed by atoms with van der Waals surface area (Å²) in [5.74, 6) is -0.397. The van der Waals surface area contributed by atoms with E-state index in [2.05, 4.69) is 16.5 Å². The van der Waals surface area contributed by atoms with Gasteiger partial charge < -0.3 is 19.6 Å². The van der Waals surface area contributed by atoms with Gasteiger partial charge in [0.15, 0.2) is 11.6 Å². The van der Waals surface area contributed by atoms with Crippen LogP contribution < -0.4 is 5.56 Å². The fourth-order valence-electron chi connectivity index (χ4n) is 2.17. The minimum Gasteiger partial charge on any atom is -0.505 e. The number of aliphatic hydroxyl groups is 1. The van der Waals surface area contributed by atoms with Crippen LogP contribution in [0.25, 0.3) is 5.76 Å². The predicted molar refractivity (Wildman–Crippen MR) is 83.0 cm³/mol. The van der Waals surface area contributed by atoms with Gasteiger partial charge in [0.2, 0.25) is 0 Å². The molecule has 0 aromatic carbocycles. The number of aromatic amines is 1. The molecule has 1 saturated heterocycles. The fraction of sp³-hybridized carbons (Fsp3) is 0.533. The molecule has 23 heavy (non-hydrogen) atoms. The number of rotatable bonds is 2. The van der Waals surface area contributed by atoms with Crippen molar-refractivity contribution in [1.82, 2.24) is 14.9 Å². The molecule has 1 amide bonds. The maximum absolute atomic E-state index is 12.4. The molecule has 1 fully saturated rings. The average Bonchev–Trinajstić information content (AvgIpc) is 2.44. The second-order valence-corrected chi connectivity index (χ2v) is 6.23. The summed E-state index contributed by atoms with van der Waals surface area (Å²) in [5.41, 5.74) is -0.772. The van der Waals surface area contributed by atoms with Crippen LogP contribution in [0, 0.1) is 0 Å². The normalized spacial score (nSPS) is 18.6. The molecule has 1 aromatic rings. The maximum atomic E-state index is 12.4. The van der Waals surface area contributed by atoms with Gasteiger partial charge in [0.25, 0.3) is 5.56 Å². The first kappa shape index (κ1) is 17.0. The summed E-state index contributed by atoms with van der Waals surface area (Å²) in [6.45, 7) is 9.56. The molecular weight excluding hydrogens is 302 g/mol. The van der Waals surface area contributed by atoms with Gasteiger partial charge in [0, 0.05) is 12.6 Å². The topological polar surface area (TPSA) is 105 Å². The molecule has 0 saturated carbocycles. The van der Waals surface area contributed by atoms with E-state index < -0.39 is 23.3 Å². The van der Waals surface area contributed by atoms with E-state index in [-0.39, 0.29) is 18.2 Å². The van der Waals surface area contributed by atoms with Crippen LogP contribution in [0.1, 0.15) is 38.3 Å². The van der Waals surface area contributed by atoms with Crippen LogP contribution in [0.15, 0.2) is 17.4 Å². The molecule has 126 valence electrons. The zero-order valence-electron chi connectivity index (χ0n) is 13.5. The maximum Gasteiger partial charge on any atom is 0.411 e. The lowest BCUT2D eigenvalue weighted by molar-refractivity contribution is -0.0341. The van der Waals surface area contributed by atoms with E-state index in [9.17, 15) is 14.7 Å². The average molecular weight is 323 g/mol. The lowest BCUT2D eigenvalue weighted by atomic mass is 10.1. The van der Waals surface area contributed by atoms with Gasteiger partial charge in [-0.25, -0.2) is 9.78 Å². The summed E-state index contributed by atoms with van der Waals surface area (Å²) < 4.78 is 10.8. The molecule has 1 aliphatic heterocycles. The first-order valence-electron chi connectivity index (χ1n) is 7.24. The van der Waals surface area contributed by atoms with Crippen molar-refractivity contribution in [1.29, 1.82) is 0 Å². The van der Waals surface area contributed by atoms with E-state index in [0.717, 1.165) is 0 Å². The van der Waals surface area contributed by atoms with Gasteiger partial charge >= 0.3 is 6.09 Å². The Labute approximate surface area is 133 Å². The standard InChI is InChI=1S/C15H21N3O5/c1-9(19)13-16-10(7-12(20)17-13)11-8-22-6-5-18(11)14(21)23-15(2,3)4/h7,11,19H,1,5-6,8H2,2-4H3,(H,16,17,20).